The second-order valence-electron chi connectivity index (χ2n) is 3.51. The highest BCUT2D eigenvalue weighted by molar-refractivity contribution is 5.80. The number of nitrogens with one attached hydrogen (secondary N) is 2. The average molecular weight is 203 g/mol. The van der Waals surface area contributed by atoms with Crippen LogP contribution >= 0.6 is 0 Å². The normalized spacial score (nSPS) is 17.5. The third-order valence-corrected chi connectivity index (χ3v) is 2.49. The third kappa shape index (κ3) is 1.11. The van der Waals surface area contributed by atoms with Crippen LogP contribution in [0.2, 0.25) is 0 Å². The Labute approximate surface area is 85.4 Å². The number of H-pyrrole nitrogens is 1. The molecular formula is C9H9N5O. The molecule has 3 rings (SSSR count). The van der Waals surface area contributed by atoms with Crippen LogP contribution in [0.25, 0.3) is 5.70 Å². The minimum absolute atomic E-state index is 0.488. The molecule has 6 heteroatoms. The summed E-state index contributed by atoms with van der Waals surface area (Å²) in [5.74, 6) is 0. The fourth-order valence-corrected chi connectivity index (χ4v) is 1.81. The van der Waals surface area contributed by atoms with Crippen LogP contribution in [0.3, 0.4) is 0 Å². The first kappa shape index (κ1) is 8.10. The number of fused-ring (bicyclic) bond motifs is 4. The quantitative estimate of drug-likeness (QED) is 0.558. The van der Waals surface area contributed by atoms with E-state index in [-0.39, 0.29) is 0 Å². The highest BCUT2D eigenvalue weighted by Crippen LogP contribution is 2.27. The Kier molecular flexibility index (Phi) is 1.42. The number of rotatable bonds is 0. The molecule has 0 unspecified atom stereocenters. The lowest BCUT2D eigenvalue weighted by molar-refractivity contribution is 0.234. The maximum Gasteiger partial charge on any atom is 0.323 e. The topological polar surface area (TPSA) is 87.0 Å². The summed E-state index contributed by atoms with van der Waals surface area (Å²) in [6.45, 7) is 0. The molecule has 1 aromatic rings. The van der Waals surface area contributed by atoms with E-state index in [4.69, 9.17) is 5.73 Å². The summed E-state index contributed by atoms with van der Waals surface area (Å²) in [5.41, 5.74) is 9.03. The van der Waals surface area contributed by atoms with Gasteiger partial charge in [-0.25, -0.2) is 4.79 Å². The standard InChI is InChI=1S/C9H9N5O/c10-9(15)14-3-5-1-7-6(2-11-13-7)8(4-14)12-5/h2-4,12H,1H2,(H2,10,15)(H,11,13). The molecule has 2 bridgehead atoms. The van der Waals surface area contributed by atoms with Crippen LogP contribution in [0.1, 0.15) is 11.3 Å². The van der Waals surface area contributed by atoms with Gasteiger partial charge in [-0.2, -0.15) is 5.10 Å². The highest BCUT2D eigenvalue weighted by atomic mass is 16.2. The molecule has 4 N–H and O–H groups in total. The zero-order valence-electron chi connectivity index (χ0n) is 7.82. The molecule has 0 radical (unpaired) electrons. The van der Waals surface area contributed by atoms with Crippen LogP contribution in [-0.4, -0.2) is 21.1 Å². The minimum Gasteiger partial charge on any atom is -0.356 e. The summed E-state index contributed by atoms with van der Waals surface area (Å²) in [6.07, 6.45) is 5.79. The SMILES string of the molecule is NC(=O)N1C=C2Cc3[nH]ncc3C(=C1)N2. The number of carbonyl (C=O) groups is 1. The fourth-order valence-electron chi connectivity index (χ4n) is 1.81. The molecule has 0 fully saturated rings. The van der Waals surface area contributed by atoms with Crippen molar-refractivity contribution in [2.45, 2.75) is 6.42 Å². The zero-order chi connectivity index (χ0) is 10.4. The van der Waals surface area contributed by atoms with E-state index in [2.05, 4.69) is 15.5 Å². The average Bonchev–Trinajstić information content (AvgIpc) is 2.65. The molecule has 0 aromatic carbocycles. The molecule has 0 saturated carbocycles. The van der Waals surface area contributed by atoms with Gasteiger partial charge in [0.05, 0.1) is 17.6 Å². The van der Waals surface area contributed by atoms with Gasteiger partial charge in [0.15, 0.2) is 0 Å². The zero-order valence-corrected chi connectivity index (χ0v) is 7.82. The summed E-state index contributed by atoms with van der Waals surface area (Å²) in [4.78, 5) is 12.4. The number of hydrogen-bond donors (Lipinski definition) is 3. The predicted molar refractivity (Wildman–Crippen MR) is 52.9 cm³/mol. The van der Waals surface area contributed by atoms with Crippen molar-refractivity contribution in [1.29, 1.82) is 0 Å². The predicted octanol–water partition coefficient (Wildman–Crippen LogP) is 0.0895. The van der Waals surface area contributed by atoms with Gasteiger partial charge in [-0.15, -0.1) is 0 Å². The molecule has 3 heterocycles. The molecule has 1 aromatic heterocycles. The second-order valence-corrected chi connectivity index (χ2v) is 3.51. The van der Waals surface area contributed by atoms with Gasteiger partial charge in [0.25, 0.3) is 0 Å². The summed E-state index contributed by atoms with van der Waals surface area (Å²) >= 11 is 0. The van der Waals surface area contributed by atoms with E-state index in [1.807, 2.05) is 0 Å². The number of amides is 2. The van der Waals surface area contributed by atoms with Crippen LogP contribution in [0.5, 0.6) is 0 Å². The molecule has 2 aliphatic rings. The first-order valence-corrected chi connectivity index (χ1v) is 4.54. The first-order valence-electron chi connectivity index (χ1n) is 4.54. The molecule has 0 aliphatic carbocycles. The number of urea groups is 1. The molecule has 0 spiro atoms. The van der Waals surface area contributed by atoms with Crippen molar-refractivity contribution in [3.8, 4) is 0 Å². The lowest BCUT2D eigenvalue weighted by Crippen LogP contribution is -2.34. The third-order valence-electron chi connectivity index (χ3n) is 2.49. The maximum atomic E-state index is 11.0. The van der Waals surface area contributed by atoms with Crippen molar-refractivity contribution in [2.24, 2.45) is 5.73 Å². The molecule has 0 atom stereocenters. The Morgan fingerprint density at radius 3 is 3.20 bits per heavy atom. The largest absolute Gasteiger partial charge is 0.356 e. The van der Waals surface area contributed by atoms with Gasteiger partial charge in [0, 0.05) is 30.1 Å². The molecule has 2 amide bonds. The number of carbonyl (C=O) groups excluding carboxylic acids is 1. The summed E-state index contributed by atoms with van der Waals surface area (Å²) in [6, 6.07) is -0.488. The van der Waals surface area contributed by atoms with E-state index < -0.39 is 6.03 Å². The monoisotopic (exact) mass is 203 g/mol. The van der Waals surface area contributed by atoms with E-state index in [1.54, 1.807) is 18.6 Å². The number of nitrogens with zero attached hydrogens (tertiary/aromatic N) is 2. The molecule has 2 aliphatic heterocycles. The molecule has 6 nitrogen and oxygen atoms in total. The Morgan fingerprint density at radius 2 is 2.40 bits per heavy atom. The minimum atomic E-state index is -0.488. The first-order chi connectivity index (χ1) is 7.24. The lowest BCUT2D eigenvalue weighted by Gasteiger charge is -2.27. The van der Waals surface area contributed by atoms with E-state index >= 15 is 0 Å². The number of allylic oxidation sites excluding steroid dienone is 1. The van der Waals surface area contributed by atoms with Gasteiger partial charge < -0.3 is 11.1 Å². The van der Waals surface area contributed by atoms with Crippen molar-refractivity contribution in [3.05, 3.63) is 35.6 Å². The van der Waals surface area contributed by atoms with Crippen LogP contribution in [-0.2, 0) is 6.42 Å². The van der Waals surface area contributed by atoms with Crippen molar-refractivity contribution in [1.82, 2.24) is 20.4 Å². The van der Waals surface area contributed by atoms with E-state index in [0.29, 0.717) is 6.42 Å². The van der Waals surface area contributed by atoms with Gasteiger partial charge in [-0.1, -0.05) is 0 Å². The molecule has 76 valence electrons. The molecular weight excluding hydrogens is 194 g/mol. The fraction of sp³-hybridized carbons (Fsp3) is 0.111. The number of primary amides is 1. The lowest BCUT2D eigenvalue weighted by atomic mass is 10.0. The molecule has 0 saturated heterocycles. The van der Waals surface area contributed by atoms with Gasteiger partial charge >= 0.3 is 6.03 Å². The van der Waals surface area contributed by atoms with Crippen molar-refractivity contribution < 1.29 is 4.79 Å². The number of aromatic nitrogens is 2. The van der Waals surface area contributed by atoms with E-state index in [1.165, 1.54) is 4.90 Å². The number of hydrogen-bond acceptors (Lipinski definition) is 3. The van der Waals surface area contributed by atoms with Crippen LogP contribution < -0.4 is 11.1 Å². The Bertz CT molecular complexity index is 498. The summed E-state index contributed by atoms with van der Waals surface area (Å²) in [5, 5.41) is 10.1. The summed E-state index contributed by atoms with van der Waals surface area (Å²) in [7, 11) is 0. The van der Waals surface area contributed by atoms with Gasteiger partial charge in [-0.05, 0) is 0 Å². The molecule has 15 heavy (non-hydrogen) atoms. The van der Waals surface area contributed by atoms with Gasteiger partial charge in [0.1, 0.15) is 0 Å². The number of nitrogens with two attached hydrogens (primary N) is 1. The Hall–Kier alpha value is -2.24. The van der Waals surface area contributed by atoms with Crippen LogP contribution in [0, 0.1) is 0 Å². The van der Waals surface area contributed by atoms with Gasteiger partial charge in [-0.3, -0.25) is 10.00 Å². The van der Waals surface area contributed by atoms with Crippen LogP contribution in [0.4, 0.5) is 4.79 Å². The van der Waals surface area contributed by atoms with Crippen molar-refractivity contribution >= 4 is 11.7 Å². The summed E-state index contributed by atoms with van der Waals surface area (Å²) < 4.78 is 0. The Balaban J connectivity index is 2.12. The number of aromatic amines is 1. The maximum absolute atomic E-state index is 11.0. The van der Waals surface area contributed by atoms with Crippen molar-refractivity contribution in [3.63, 3.8) is 0 Å². The second kappa shape index (κ2) is 2.63. The van der Waals surface area contributed by atoms with Crippen LogP contribution in [0.15, 0.2) is 24.3 Å². The van der Waals surface area contributed by atoms with Crippen molar-refractivity contribution in [2.75, 3.05) is 0 Å². The van der Waals surface area contributed by atoms with E-state index in [0.717, 1.165) is 22.7 Å². The smallest absolute Gasteiger partial charge is 0.323 e. The van der Waals surface area contributed by atoms with E-state index in [9.17, 15) is 4.79 Å². The Morgan fingerprint density at radius 1 is 1.53 bits per heavy atom. The van der Waals surface area contributed by atoms with Gasteiger partial charge in [0.2, 0.25) is 0 Å². The highest BCUT2D eigenvalue weighted by Gasteiger charge is 2.24.